The molecule has 84 valence electrons. The van der Waals surface area contributed by atoms with Gasteiger partial charge in [0.05, 0.1) is 0 Å². The number of nitrogens with one attached hydrogen (secondary N) is 2. The molecule has 0 radical (unpaired) electrons. The highest BCUT2D eigenvalue weighted by Gasteiger charge is 2.21. The normalized spacial score (nSPS) is 26.0. The standard InChI is InChI=1S/C12H20N2S/c1-9-5-13-6-11(9)7-14-8-12-4-3-10(2)15-12/h3-4,9,11,13-14H,5-8H2,1-2H3. The first-order valence-electron chi connectivity index (χ1n) is 5.72. The van der Waals surface area contributed by atoms with Crippen LogP contribution in [0.15, 0.2) is 12.1 Å². The van der Waals surface area contributed by atoms with Gasteiger partial charge in [-0.15, -0.1) is 11.3 Å². The van der Waals surface area contributed by atoms with E-state index in [-0.39, 0.29) is 0 Å². The first kappa shape index (κ1) is 11.1. The number of rotatable bonds is 4. The van der Waals surface area contributed by atoms with Crippen molar-refractivity contribution in [3.05, 3.63) is 21.9 Å². The smallest absolute Gasteiger partial charge is 0.0299 e. The van der Waals surface area contributed by atoms with Crippen LogP contribution in [0, 0.1) is 18.8 Å². The van der Waals surface area contributed by atoms with E-state index in [1.54, 1.807) is 0 Å². The molecule has 0 spiro atoms. The summed E-state index contributed by atoms with van der Waals surface area (Å²) in [5, 5.41) is 7.00. The van der Waals surface area contributed by atoms with Crippen LogP contribution >= 0.6 is 11.3 Å². The molecular formula is C12H20N2S. The van der Waals surface area contributed by atoms with Crippen molar-refractivity contribution in [2.75, 3.05) is 19.6 Å². The van der Waals surface area contributed by atoms with Crippen LogP contribution in [-0.4, -0.2) is 19.6 Å². The molecule has 15 heavy (non-hydrogen) atoms. The van der Waals surface area contributed by atoms with Crippen molar-refractivity contribution in [2.24, 2.45) is 11.8 Å². The van der Waals surface area contributed by atoms with E-state index >= 15 is 0 Å². The SMILES string of the molecule is Cc1ccc(CNCC2CNCC2C)s1. The summed E-state index contributed by atoms with van der Waals surface area (Å²) < 4.78 is 0. The zero-order chi connectivity index (χ0) is 10.7. The summed E-state index contributed by atoms with van der Waals surface area (Å²) in [7, 11) is 0. The quantitative estimate of drug-likeness (QED) is 0.817. The van der Waals surface area contributed by atoms with Gasteiger partial charge in [-0.05, 0) is 50.5 Å². The summed E-state index contributed by atoms with van der Waals surface area (Å²) in [4.78, 5) is 2.86. The van der Waals surface area contributed by atoms with E-state index in [0.717, 1.165) is 24.9 Å². The van der Waals surface area contributed by atoms with Gasteiger partial charge in [-0.25, -0.2) is 0 Å². The van der Waals surface area contributed by atoms with E-state index < -0.39 is 0 Å². The Balaban J connectivity index is 1.70. The van der Waals surface area contributed by atoms with Crippen LogP contribution in [0.2, 0.25) is 0 Å². The third-order valence-corrected chi connectivity index (χ3v) is 4.18. The lowest BCUT2D eigenvalue weighted by Gasteiger charge is -2.14. The average Bonchev–Trinajstić information content (AvgIpc) is 2.77. The highest BCUT2D eigenvalue weighted by Crippen LogP contribution is 2.16. The van der Waals surface area contributed by atoms with Crippen molar-refractivity contribution in [3.8, 4) is 0 Å². The van der Waals surface area contributed by atoms with E-state index in [2.05, 4.69) is 36.6 Å². The van der Waals surface area contributed by atoms with Crippen molar-refractivity contribution >= 4 is 11.3 Å². The Labute approximate surface area is 96.1 Å². The Morgan fingerprint density at radius 1 is 1.47 bits per heavy atom. The molecule has 2 N–H and O–H groups in total. The number of hydrogen-bond acceptors (Lipinski definition) is 3. The molecule has 1 aliphatic heterocycles. The Hall–Kier alpha value is -0.380. The summed E-state index contributed by atoms with van der Waals surface area (Å²) in [6.07, 6.45) is 0. The number of hydrogen-bond donors (Lipinski definition) is 2. The van der Waals surface area contributed by atoms with Crippen LogP contribution in [0.3, 0.4) is 0 Å². The molecule has 3 heteroatoms. The maximum atomic E-state index is 3.56. The minimum atomic E-state index is 0.811. The predicted octanol–water partition coefficient (Wildman–Crippen LogP) is 2.00. The van der Waals surface area contributed by atoms with Gasteiger partial charge in [0, 0.05) is 16.3 Å². The topological polar surface area (TPSA) is 24.1 Å². The van der Waals surface area contributed by atoms with Crippen LogP contribution < -0.4 is 10.6 Å². The minimum Gasteiger partial charge on any atom is -0.316 e. The molecule has 0 amide bonds. The van der Waals surface area contributed by atoms with E-state index in [1.165, 1.54) is 22.8 Å². The van der Waals surface area contributed by atoms with E-state index in [4.69, 9.17) is 0 Å². The molecule has 0 aromatic carbocycles. The molecule has 0 saturated carbocycles. The lowest BCUT2D eigenvalue weighted by atomic mass is 9.98. The predicted molar refractivity (Wildman–Crippen MR) is 66.3 cm³/mol. The monoisotopic (exact) mass is 224 g/mol. The second kappa shape index (κ2) is 5.10. The van der Waals surface area contributed by atoms with Crippen molar-refractivity contribution in [2.45, 2.75) is 20.4 Å². The molecule has 2 heterocycles. The summed E-state index contributed by atoms with van der Waals surface area (Å²) in [5.74, 6) is 1.63. The fourth-order valence-electron chi connectivity index (χ4n) is 2.10. The van der Waals surface area contributed by atoms with Gasteiger partial charge in [0.15, 0.2) is 0 Å². The molecule has 1 aliphatic rings. The third kappa shape index (κ3) is 3.03. The summed E-state index contributed by atoms with van der Waals surface area (Å²) in [6.45, 7) is 9.04. The molecule has 1 fully saturated rings. The molecule has 2 atom stereocenters. The highest BCUT2D eigenvalue weighted by molar-refractivity contribution is 7.11. The second-order valence-electron chi connectivity index (χ2n) is 4.54. The van der Waals surface area contributed by atoms with Gasteiger partial charge in [0.2, 0.25) is 0 Å². The Bertz CT molecular complexity index is 308. The Morgan fingerprint density at radius 3 is 2.93 bits per heavy atom. The third-order valence-electron chi connectivity index (χ3n) is 3.18. The lowest BCUT2D eigenvalue weighted by molar-refractivity contribution is 0.421. The van der Waals surface area contributed by atoms with E-state index in [1.807, 2.05) is 11.3 Å². The average molecular weight is 224 g/mol. The largest absolute Gasteiger partial charge is 0.316 e. The van der Waals surface area contributed by atoms with Gasteiger partial charge < -0.3 is 10.6 Å². The summed E-state index contributed by atoms with van der Waals surface area (Å²) in [5.41, 5.74) is 0. The van der Waals surface area contributed by atoms with Gasteiger partial charge in [0.1, 0.15) is 0 Å². The molecule has 1 aromatic rings. The van der Waals surface area contributed by atoms with Crippen LogP contribution in [0.1, 0.15) is 16.7 Å². The van der Waals surface area contributed by atoms with Crippen LogP contribution in [0.5, 0.6) is 0 Å². The van der Waals surface area contributed by atoms with Crippen molar-refractivity contribution < 1.29 is 0 Å². The first-order chi connectivity index (χ1) is 7.25. The zero-order valence-electron chi connectivity index (χ0n) is 9.55. The maximum absolute atomic E-state index is 3.56. The molecule has 1 aromatic heterocycles. The van der Waals surface area contributed by atoms with E-state index in [0.29, 0.717) is 0 Å². The molecule has 0 bridgehead atoms. The number of thiophene rings is 1. The summed E-state index contributed by atoms with van der Waals surface area (Å²) >= 11 is 1.89. The van der Waals surface area contributed by atoms with Gasteiger partial charge >= 0.3 is 0 Å². The lowest BCUT2D eigenvalue weighted by Crippen LogP contribution is -2.26. The van der Waals surface area contributed by atoms with Crippen LogP contribution in [-0.2, 0) is 6.54 Å². The van der Waals surface area contributed by atoms with Crippen molar-refractivity contribution in [3.63, 3.8) is 0 Å². The molecular weight excluding hydrogens is 204 g/mol. The van der Waals surface area contributed by atoms with Gasteiger partial charge in [-0.1, -0.05) is 6.92 Å². The maximum Gasteiger partial charge on any atom is 0.0299 e. The van der Waals surface area contributed by atoms with E-state index in [9.17, 15) is 0 Å². The molecule has 2 nitrogen and oxygen atoms in total. The Morgan fingerprint density at radius 2 is 2.33 bits per heavy atom. The van der Waals surface area contributed by atoms with Crippen molar-refractivity contribution in [1.29, 1.82) is 0 Å². The first-order valence-corrected chi connectivity index (χ1v) is 6.54. The molecule has 2 rings (SSSR count). The second-order valence-corrected chi connectivity index (χ2v) is 5.91. The number of aryl methyl sites for hydroxylation is 1. The molecule has 1 saturated heterocycles. The minimum absolute atomic E-state index is 0.811. The molecule has 0 aliphatic carbocycles. The van der Waals surface area contributed by atoms with Gasteiger partial charge in [-0.3, -0.25) is 0 Å². The Kier molecular flexibility index (Phi) is 3.78. The van der Waals surface area contributed by atoms with Crippen molar-refractivity contribution in [1.82, 2.24) is 10.6 Å². The van der Waals surface area contributed by atoms with Crippen LogP contribution in [0.4, 0.5) is 0 Å². The van der Waals surface area contributed by atoms with Gasteiger partial charge in [-0.2, -0.15) is 0 Å². The highest BCUT2D eigenvalue weighted by atomic mass is 32.1. The molecule has 2 unspecified atom stereocenters. The fraction of sp³-hybridized carbons (Fsp3) is 0.667. The fourth-order valence-corrected chi connectivity index (χ4v) is 2.96. The van der Waals surface area contributed by atoms with Gasteiger partial charge in [0.25, 0.3) is 0 Å². The summed E-state index contributed by atoms with van der Waals surface area (Å²) in [6, 6.07) is 4.42. The zero-order valence-corrected chi connectivity index (χ0v) is 10.4. The van der Waals surface area contributed by atoms with Crippen LogP contribution in [0.25, 0.3) is 0 Å².